The second kappa shape index (κ2) is 6.19. The molecule has 0 aromatic heterocycles. The smallest absolute Gasteiger partial charge is 0.352 e. The minimum Gasteiger partial charge on any atom is -0.352 e. The Kier molecular flexibility index (Phi) is 5.28. The third-order valence-corrected chi connectivity index (χ3v) is 3.95. The highest BCUT2D eigenvalue weighted by atomic mass is 35.7. The van der Waals surface area contributed by atoms with Gasteiger partial charge in [-0.15, -0.1) is 0 Å². The number of benzene rings is 1. The average Bonchev–Trinajstić information content (AvgIpc) is 2.26. The lowest BCUT2D eigenvalue weighted by molar-refractivity contribution is -0.132. The summed E-state index contributed by atoms with van der Waals surface area (Å²) in [5.41, 5.74) is -0.157. The summed E-state index contributed by atoms with van der Waals surface area (Å²) in [6, 6.07) is 3.19. The van der Waals surface area contributed by atoms with Crippen molar-refractivity contribution in [2.75, 3.05) is 6.54 Å². The maximum Gasteiger partial charge on any atom is 0.390 e. The summed E-state index contributed by atoms with van der Waals surface area (Å²) in [6.45, 7) is -0.617. The second-order valence-corrected chi connectivity index (χ2v) is 6.65. The van der Waals surface area contributed by atoms with Crippen molar-refractivity contribution in [2.45, 2.75) is 17.5 Å². The van der Waals surface area contributed by atoms with Gasteiger partial charge in [-0.05, 0) is 18.2 Å². The molecule has 1 amide bonds. The van der Waals surface area contributed by atoms with E-state index in [0.717, 1.165) is 12.1 Å². The number of amides is 1. The van der Waals surface area contributed by atoms with Crippen LogP contribution < -0.4 is 5.32 Å². The third kappa shape index (κ3) is 5.18. The Morgan fingerprint density at radius 3 is 2.40 bits per heavy atom. The van der Waals surface area contributed by atoms with Gasteiger partial charge in [0.2, 0.25) is 0 Å². The van der Waals surface area contributed by atoms with Gasteiger partial charge < -0.3 is 5.32 Å². The Hall–Kier alpha value is -0.990. The van der Waals surface area contributed by atoms with Gasteiger partial charge in [0.15, 0.2) is 0 Å². The number of halogens is 5. The lowest BCUT2D eigenvalue weighted by Gasteiger charge is -2.09. The van der Waals surface area contributed by atoms with Crippen molar-refractivity contribution in [2.24, 2.45) is 0 Å². The first-order valence-corrected chi connectivity index (χ1v) is 7.78. The van der Waals surface area contributed by atoms with Crippen LogP contribution in [0, 0.1) is 0 Å². The first-order valence-electron chi connectivity index (χ1n) is 5.10. The lowest BCUT2D eigenvalue weighted by Crippen LogP contribution is -2.28. The van der Waals surface area contributed by atoms with Crippen LogP contribution in [0.4, 0.5) is 13.2 Å². The Balaban J connectivity index is 2.85. The predicted octanol–water partition coefficient (Wildman–Crippen LogP) is 2.95. The van der Waals surface area contributed by atoms with Crippen molar-refractivity contribution in [3.63, 3.8) is 0 Å². The minimum absolute atomic E-state index is 0.157. The molecular weight excluding hydrogens is 342 g/mol. The zero-order chi connectivity index (χ0) is 15.6. The quantitative estimate of drug-likeness (QED) is 0.850. The first kappa shape index (κ1) is 17.1. The molecule has 1 rings (SSSR count). The molecule has 0 heterocycles. The molecule has 0 aliphatic heterocycles. The van der Waals surface area contributed by atoms with Crippen molar-refractivity contribution >= 4 is 37.2 Å². The average molecular weight is 350 g/mol. The van der Waals surface area contributed by atoms with E-state index in [1.807, 2.05) is 5.32 Å². The highest BCUT2D eigenvalue weighted by molar-refractivity contribution is 8.13. The molecule has 0 atom stereocenters. The monoisotopic (exact) mass is 349 g/mol. The van der Waals surface area contributed by atoms with Crippen molar-refractivity contribution in [1.29, 1.82) is 0 Å². The second-order valence-electron chi connectivity index (χ2n) is 3.70. The first-order chi connectivity index (χ1) is 9.00. The van der Waals surface area contributed by atoms with Crippen LogP contribution in [-0.2, 0) is 9.05 Å². The Morgan fingerprint density at radius 2 is 1.90 bits per heavy atom. The largest absolute Gasteiger partial charge is 0.390 e. The van der Waals surface area contributed by atoms with E-state index in [0.29, 0.717) is 0 Å². The fourth-order valence-corrected chi connectivity index (χ4v) is 2.74. The van der Waals surface area contributed by atoms with Gasteiger partial charge >= 0.3 is 6.18 Å². The highest BCUT2D eigenvalue weighted by Gasteiger charge is 2.26. The predicted molar refractivity (Wildman–Crippen MR) is 67.5 cm³/mol. The molecule has 10 heteroatoms. The van der Waals surface area contributed by atoms with Gasteiger partial charge in [0.05, 0.1) is 11.4 Å². The van der Waals surface area contributed by atoms with Crippen LogP contribution in [0.25, 0.3) is 0 Å². The Labute approximate surface area is 122 Å². The van der Waals surface area contributed by atoms with Crippen LogP contribution >= 0.6 is 22.3 Å². The van der Waals surface area contributed by atoms with Gasteiger partial charge in [0, 0.05) is 22.8 Å². The van der Waals surface area contributed by atoms with Gasteiger partial charge in [-0.3, -0.25) is 4.79 Å². The van der Waals surface area contributed by atoms with E-state index in [2.05, 4.69) is 0 Å². The van der Waals surface area contributed by atoms with E-state index in [1.54, 1.807) is 0 Å². The van der Waals surface area contributed by atoms with Gasteiger partial charge in [0.25, 0.3) is 15.0 Å². The molecule has 1 aromatic rings. The number of carbonyl (C=O) groups excluding carboxylic acids is 1. The fourth-order valence-electron chi connectivity index (χ4n) is 1.25. The van der Waals surface area contributed by atoms with E-state index >= 15 is 0 Å². The highest BCUT2D eigenvalue weighted by Crippen LogP contribution is 2.25. The molecule has 0 saturated heterocycles. The van der Waals surface area contributed by atoms with Crippen LogP contribution in [0.1, 0.15) is 16.8 Å². The number of carbonyl (C=O) groups is 1. The van der Waals surface area contributed by atoms with Gasteiger partial charge in [-0.25, -0.2) is 8.42 Å². The van der Waals surface area contributed by atoms with E-state index in [9.17, 15) is 26.4 Å². The summed E-state index contributed by atoms with van der Waals surface area (Å²) in [5, 5.41) is 1.83. The third-order valence-electron chi connectivity index (χ3n) is 2.15. The maximum atomic E-state index is 11.9. The number of hydrogen-bond donors (Lipinski definition) is 1. The zero-order valence-corrected chi connectivity index (χ0v) is 12.0. The number of alkyl halides is 3. The molecule has 1 aromatic carbocycles. The van der Waals surface area contributed by atoms with E-state index in [-0.39, 0.29) is 10.6 Å². The van der Waals surface area contributed by atoms with Crippen molar-refractivity contribution in [3.05, 3.63) is 28.8 Å². The maximum absolute atomic E-state index is 11.9. The molecule has 0 unspecified atom stereocenters. The zero-order valence-electron chi connectivity index (χ0n) is 9.67. The van der Waals surface area contributed by atoms with E-state index in [4.69, 9.17) is 22.3 Å². The molecule has 1 N–H and O–H groups in total. The summed E-state index contributed by atoms with van der Waals surface area (Å²) in [7, 11) is 0.959. The molecule has 0 fully saturated rings. The minimum atomic E-state index is -4.39. The fraction of sp³-hybridized carbons (Fsp3) is 0.300. The van der Waals surface area contributed by atoms with E-state index < -0.39 is 39.0 Å². The summed E-state index contributed by atoms with van der Waals surface area (Å²) in [4.78, 5) is 11.1. The Bertz CT molecular complexity index is 617. The van der Waals surface area contributed by atoms with Crippen LogP contribution in [0.15, 0.2) is 23.1 Å². The van der Waals surface area contributed by atoms with Gasteiger partial charge in [-0.1, -0.05) is 11.6 Å². The molecule has 0 radical (unpaired) electrons. The molecule has 0 bridgehead atoms. The SMILES string of the molecule is O=C(NCCC(F)(F)F)c1ccc(Cl)c(S(=O)(=O)Cl)c1. The summed E-state index contributed by atoms with van der Waals surface area (Å²) in [6.07, 6.45) is -5.58. The standard InChI is InChI=1S/C10H8Cl2F3NO3S/c11-7-2-1-6(5-8(7)20(12,18)19)9(17)16-4-3-10(13,14)15/h1-2,5H,3-4H2,(H,16,17). The summed E-state index contributed by atoms with van der Waals surface area (Å²) < 4.78 is 58.1. The number of hydrogen-bond acceptors (Lipinski definition) is 3. The Morgan fingerprint density at radius 1 is 1.30 bits per heavy atom. The normalized spacial score (nSPS) is 12.2. The lowest BCUT2D eigenvalue weighted by atomic mass is 10.2. The molecule has 20 heavy (non-hydrogen) atoms. The molecular formula is C10H8Cl2F3NO3S. The van der Waals surface area contributed by atoms with Crippen molar-refractivity contribution in [1.82, 2.24) is 5.32 Å². The van der Waals surface area contributed by atoms with Crippen LogP contribution in [-0.4, -0.2) is 27.0 Å². The molecule has 0 saturated carbocycles. The molecule has 112 valence electrons. The number of rotatable bonds is 4. The summed E-state index contributed by atoms with van der Waals surface area (Å²) in [5.74, 6) is -0.854. The van der Waals surface area contributed by atoms with Crippen LogP contribution in [0.2, 0.25) is 5.02 Å². The number of nitrogens with one attached hydrogen (secondary N) is 1. The van der Waals surface area contributed by atoms with Gasteiger partial charge in [-0.2, -0.15) is 13.2 Å². The van der Waals surface area contributed by atoms with Crippen LogP contribution in [0.5, 0.6) is 0 Å². The molecule has 0 spiro atoms. The van der Waals surface area contributed by atoms with Crippen LogP contribution in [0.3, 0.4) is 0 Å². The topological polar surface area (TPSA) is 63.2 Å². The molecule has 0 aliphatic rings. The summed E-state index contributed by atoms with van der Waals surface area (Å²) >= 11 is 5.61. The van der Waals surface area contributed by atoms with Crippen molar-refractivity contribution in [3.8, 4) is 0 Å². The molecule has 4 nitrogen and oxygen atoms in total. The van der Waals surface area contributed by atoms with Crippen molar-refractivity contribution < 1.29 is 26.4 Å². The van der Waals surface area contributed by atoms with Gasteiger partial charge in [0.1, 0.15) is 4.90 Å². The van der Waals surface area contributed by atoms with E-state index in [1.165, 1.54) is 6.07 Å². The molecule has 0 aliphatic carbocycles.